The van der Waals surface area contributed by atoms with Crippen LogP contribution in [0.1, 0.15) is 5.56 Å². The Morgan fingerprint density at radius 3 is 2.00 bits per heavy atom. The second-order valence-corrected chi connectivity index (χ2v) is 8.86. The van der Waals surface area contributed by atoms with Gasteiger partial charge in [-0.25, -0.2) is 5.09 Å². The molecule has 0 aromatic heterocycles. The van der Waals surface area contributed by atoms with Crippen molar-refractivity contribution >= 4 is 23.3 Å². The molecule has 19 heavy (non-hydrogen) atoms. The molecule has 0 radical (unpaired) electrons. The Balaban J connectivity index is 2.27. The zero-order chi connectivity index (χ0) is 14.1. The first-order valence-electron chi connectivity index (χ1n) is 4.89. The Morgan fingerprint density at radius 1 is 0.842 bits per heavy atom. The summed E-state index contributed by atoms with van der Waals surface area (Å²) in [4.78, 5) is 0. The van der Waals surface area contributed by atoms with E-state index in [-0.39, 0.29) is 6.54 Å². The van der Waals surface area contributed by atoms with E-state index in [0.717, 1.165) is 0 Å². The SMILES string of the molecule is FP1(F)=NP(F)(F)=NP(F)(NCc2ccccc2)=N1. The molecule has 1 aromatic carbocycles. The summed E-state index contributed by atoms with van der Waals surface area (Å²) in [6.45, 7) is -0.210. The molecule has 0 saturated heterocycles. The van der Waals surface area contributed by atoms with Crippen molar-refractivity contribution in [1.82, 2.24) is 5.09 Å². The van der Waals surface area contributed by atoms with Gasteiger partial charge in [-0.05, 0) is 5.56 Å². The van der Waals surface area contributed by atoms with Crippen LogP contribution in [0.2, 0.25) is 0 Å². The van der Waals surface area contributed by atoms with Gasteiger partial charge >= 0.3 is 23.3 Å². The predicted octanol–water partition coefficient (Wildman–Crippen LogP) is 6.48. The summed E-state index contributed by atoms with van der Waals surface area (Å²) in [5, 5.41) is 1.97. The summed E-state index contributed by atoms with van der Waals surface area (Å²) in [5.41, 5.74) is 0.552. The zero-order valence-electron chi connectivity index (χ0n) is 9.17. The monoisotopic (exact) mass is 336 g/mol. The first kappa shape index (κ1) is 14.9. The van der Waals surface area contributed by atoms with Crippen molar-refractivity contribution in [2.75, 3.05) is 0 Å². The number of rotatable bonds is 3. The Hall–Kier alpha value is -0.480. The van der Waals surface area contributed by atoms with Gasteiger partial charge < -0.3 is 0 Å². The number of hydrogen-bond donors (Lipinski definition) is 1. The predicted molar refractivity (Wildman–Crippen MR) is 66.9 cm³/mol. The smallest absolute Gasteiger partial charge is 0.235 e. The van der Waals surface area contributed by atoms with Gasteiger partial charge in [-0.15, -0.1) is 30.3 Å². The van der Waals surface area contributed by atoms with Crippen molar-refractivity contribution in [2.24, 2.45) is 13.5 Å². The van der Waals surface area contributed by atoms with Gasteiger partial charge in [0.2, 0.25) is 0 Å². The Labute approximate surface area is 106 Å². The highest BCUT2D eigenvalue weighted by Gasteiger charge is 2.38. The Bertz CT molecular complexity index is 626. The molecule has 106 valence electrons. The Kier molecular flexibility index (Phi) is 4.03. The summed E-state index contributed by atoms with van der Waals surface area (Å²) >= 11 is 0. The summed E-state index contributed by atoms with van der Waals surface area (Å²) in [7, 11) is -16.0. The maximum absolute atomic E-state index is 14.0. The van der Waals surface area contributed by atoms with Gasteiger partial charge in [0.1, 0.15) is 0 Å². The molecule has 1 atom stereocenters. The fraction of sp³-hybridized carbons (Fsp3) is 0.143. The maximum Gasteiger partial charge on any atom is 0.424 e. The molecule has 4 nitrogen and oxygen atoms in total. The molecule has 0 spiro atoms. The van der Waals surface area contributed by atoms with Crippen molar-refractivity contribution in [3.63, 3.8) is 0 Å². The molecule has 12 heteroatoms. The van der Waals surface area contributed by atoms with E-state index in [9.17, 15) is 21.0 Å². The lowest BCUT2D eigenvalue weighted by atomic mass is 10.2. The molecular formula is C7H8F5N4P3. The third-order valence-corrected chi connectivity index (χ3v) is 7.90. The van der Waals surface area contributed by atoms with Crippen molar-refractivity contribution in [3.05, 3.63) is 35.9 Å². The van der Waals surface area contributed by atoms with Crippen molar-refractivity contribution in [3.8, 4) is 0 Å². The molecule has 0 aliphatic carbocycles. The molecule has 1 aromatic rings. The molecule has 1 aliphatic rings. The molecular weight excluding hydrogens is 328 g/mol. The first-order chi connectivity index (χ1) is 8.70. The molecule has 1 N–H and O–H groups in total. The van der Waals surface area contributed by atoms with E-state index in [0.29, 0.717) is 5.56 Å². The van der Waals surface area contributed by atoms with Gasteiger partial charge in [-0.2, -0.15) is 4.20 Å². The first-order valence-corrected chi connectivity index (χ1v) is 9.42. The van der Waals surface area contributed by atoms with Crippen molar-refractivity contribution in [1.29, 1.82) is 0 Å². The van der Waals surface area contributed by atoms with Crippen LogP contribution < -0.4 is 5.09 Å². The van der Waals surface area contributed by atoms with Crippen LogP contribution in [0.5, 0.6) is 0 Å². The largest absolute Gasteiger partial charge is 0.424 e. The minimum Gasteiger partial charge on any atom is -0.235 e. The lowest BCUT2D eigenvalue weighted by Crippen LogP contribution is -2.06. The minimum absolute atomic E-state index is 0.210. The van der Waals surface area contributed by atoms with Gasteiger partial charge in [0, 0.05) is 6.54 Å². The van der Waals surface area contributed by atoms with Gasteiger partial charge in [-0.3, -0.25) is 0 Å². The van der Waals surface area contributed by atoms with E-state index in [2.05, 4.69) is 9.03 Å². The third-order valence-electron chi connectivity index (χ3n) is 1.99. The lowest BCUT2D eigenvalue weighted by Gasteiger charge is -2.17. The lowest BCUT2D eigenvalue weighted by molar-refractivity contribution is 0.692. The van der Waals surface area contributed by atoms with Crippen LogP contribution >= 0.6 is 23.3 Å². The van der Waals surface area contributed by atoms with E-state index in [1.807, 2.05) is 9.60 Å². The summed E-state index contributed by atoms with van der Waals surface area (Å²) in [5.74, 6) is 0. The van der Waals surface area contributed by atoms with E-state index in [1.165, 1.54) is 0 Å². The van der Waals surface area contributed by atoms with E-state index >= 15 is 0 Å². The van der Waals surface area contributed by atoms with Gasteiger partial charge in [-0.1, -0.05) is 30.3 Å². The summed E-state index contributed by atoms with van der Waals surface area (Å²) in [6.07, 6.45) is 0. The molecule has 1 heterocycles. The van der Waals surface area contributed by atoms with Crippen LogP contribution in [0.25, 0.3) is 0 Å². The average Bonchev–Trinajstić information content (AvgIpc) is 2.23. The topological polar surface area (TPSA) is 49.1 Å². The Morgan fingerprint density at radius 2 is 1.42 bits per heavy atom. The fourth-order valence-corrected chi connectivity index (χ4v) is 6.92. The normalized spacial score (nSPS) is 27.8. The van der Waals surface area contributed by atoms with Crippen molar-refractivity contribution in [2.45, 2.75) is 6.54 Å². The van der Waals surface area contributed by atoms with Gasteiger partial charge in [0.25, 0.3) is 0 Å². The highest BCUT2D eigenvalue weighted by molar-refractivity contribution is 7.78. The van der Waals surface area contributed by atoms with Crippen LogP contribution in [0.15, 0.2) is 43.9 Å². The van der Waals surface area contributed by atoms with Gasteiger partial charge in [0.15, 0.2) is 0 Å². The second-order valence-electron chi connectivity index (χ2n) is 3.53. The van der Waals surface area contributed by atoms with E-state index < -0.39 is 23.3 Å². The summed E-state index contributed by atoms with van der Waals surface area (Å²) in [6, 6.07) is 8.18. The summed E-state index contributed by atoms with van der Waals surface area (Å²) < 4.78 is 72.6. The molecule has 1 unspecified atom stereocenters. The van der Waals surface area contributed by atoms with Crippen LogP contribution in [-0.4, -0.2) is 0 Å². The third kappa shape index (κ3) is 4.25. The highest BCUT2D eigenvalue weighted by atomic mass is 31.3. The standard InChI is InChI=1S/C7H8F5N4P3/c8-17(9)14-18(10,11)16-19(12,15-17)13-6-7-4-2-1-3-5-7/h1-5,13H,6H2. The van der Waals surface area contributed by atoms with Crippen LogP contribution in [-0.2, 0) is 6.54 Å². The number of halogens is 5. The fourth-order valence-electron chi connectivity index (χ4n) is 1.32. The molecule has 0 bridgehead atoms. The average molecular weight is 336 g/mol. The molecule has 0 saturated carbocycles. The zero-order valence-corrected chi connectivity index (χ0v) is 11.9. The quantitative estimate of drug-likeness (QED) is 0.499. The van der Waals surface area contributed by atoms with Crippen molar-refractivity contribution < 1.29 is 21.0 Å². The molecule has 0 amide bonds. The maximum atomic E-state index is 14.0. The number of hydrogen-bond acceptors (Lipinski definition) is 4. The van der Waals surface area contributed by atoms with Crippen LogP contribution in [0, 0.1) is 0 Å². The second kappa shape index (κ2) is 5.13. The molecule has 2 rings (SSSR count). The number of benzene rings is 1. The van der Waals surface area contributed by atoms with E-state index in [4.69, 9.17) is 0 Å². The van der Waals surface area contributed by atoms with Gasteiger partial charge in [0.05, 0.1) is 0 Å². The molecule has 0 fully saturated rings. The van der Waals surface area contributed by atoms with E-state index in [1.54, 1.807) is 30.3 Å². The molecule has 1 aliphatic heterocycles. The van der Waals surface area contributed by atoms with Crippen LogP contribution in [0.4, 0.5) is 21.0 Å². The number of nitrogens with zero attached hydrogens (tertiary/aromatic N) is 3. The minimum atomic E-state index is -5.63. The highest BCUT2D eigenvalue weighted by Crippen LogP contribution is 2.80. The van der Waals surface area contributed by atoms with Crippen LogP contribution in [0.3, 0.4) is 0 Å². The number of nitrogens with one attached hydrogen (secondary N) is 1.